The molecule has 3 aromatic rings. The van der Waals surface area contributed by atoms with Crippen LogP contribution in [0.3, 0.4) is 0 Å². The number of hydrogen-bond acceptors (Lipinski definition) is 4. The van der Waals surface area contributed by atoms with Gasteiger partial charge in [-0.15, -0.1) is 0 Å². The van der Waals surface area contributed by atoms with E-state index in [4.69, 9.17) is 0 Å². The van der Waals surface area contributed by atoms with E-state index in [2.05, 4.69) is 58.0 Å². The van der Waals surface area contributed by atoms with Gasteiger partial charge in [0.05, 0.1) is 0 Å². The fourth-order valence-corrected chi connectivity index (χ4v) is 7.01. The molecule has 3 N–H and O–H groups in total. The molecule has 3 saturated heterocycles. The zero-order valence-electron chi connectivity index (χ0n) is 19.9. The van der Waals surface area contributed by atoms with Gasteiger partial charge in [0.2, 0.25) is 5.91 Å². The first kappa shape index (κ1) is 22.3. The van der Waals surface area contributed by atoms with Crippen LogP contribution < -0.4 is 10.6 Å². The lowest BCUT2D eigenvalue weighted by Crippen LogP contribution is -2.76. The number of amides is 1. The number of aromatic hydroxyl groups is 1. The van der Waals surface area contributed by atoms with Gasteiger partial charge in [-0.2, -0.15) is 0 Å². The fraction of sp³-hybridized carbons (Fsp3) is 0.367. The molecule has 5 atom stereocenters. The monoisotopic (exact) mass is 467 g/mol. The molecule has 3 heterocycles. The molecule has 0 unspecified atom stereocenters. The summed E-state index contributed by atoms with van der Waals surface area (Å²) >= 11 is 0. The average molecular weight is 468 g/mol. The lowest BCUT2D eigenvalue weighted by atomic mass is 9.58. The van der Waals surface area contributed by atoms with E-state index in [1.54, 1.807) is 12.1 Å². The van der Waals surface area contributed by atoms with Gasteiger partial charge in [0.1, 0.15) is 11.3 Å². The van der Waals surface area contributed by atoms with E-state index >= 15 is 0 Å². The lowest BCUT2D eigenvalue weighted by Gasteiger charge is -2.56. The molecule has 5 heteroatoms. The largest absolute Gasteiger partial charge is 0.508 e. The molecule has 0 radical (unpaired) electrons. The van der Waals surface area contributed by atoms with E-state index in [9.17, 15) is 9.90 Å². The normalized spacial score (nSPS) is 29.3. The number of benzene rings is 3. The summed E-state index contributed by atoms with van der Waals surface area (Å²) < 4.78 is 0. The quantitative estimate of drug-likeness (QED) is 0.496. The highest BCUT2D eigenvalue weighted by Gasteiger charge is 2.67. The van der Waals surface area contributed by atoms with Crippen LogP contribution >= 0.6 is 0 Å². The van der Waals surface area contributed by atoms with E-state index in [1.165, 1.54) is 11.1 Å². The van der Waals surface area contributed by atoms with Crippen LogP contribution in [0.1, 0.15) is 23.1 Å². The summed E-state index contributed by atoms with van der Waals surface area (Å²) in [5.74, 6) is 1.67. The number of fused-ring (bicyclic) bond motifs is 1. The molecule has 4 fully saturated rings. The Balaban J connectivity index is 1.32. The van der Waals surface area contributed by atoms with Gasteiger partial charge >= 0.3 is 0 Å². The number of nitrogens with zero attached hydrogens (tertiary/aromatic N) is 1. The van der Waals surface area contributed by atoms with E-state index < -0.39 is 5.54 Å². The number of piperidine rings is 2. The summed E-state index contributed by atoms with van der Waals surface area (Å²) in [5, 5.41) is 16.9. The molecule has 1 aliphatic carbocycles. The van der Waals surface area contributed by atoms with Crippen molar-refractivity contribution in [2.24, 2.45) is 17.8 Å². The predicted octanol–water partition coefficient (Wildman–Crippen LogP) is 3.73. The van der Waals surface area contributed by atoms with E-state index in [-0.39, 0.29) is 11.9 Å². The first-order valence-electron chi connectivity index (χ1n) is 12.8. The van der Waals surface area contributed by atoms with Crippen molar-refractivity contribution in [3.63, 3.8) is 0 Å². The van der Waals surface area contributed by atoms with Crippen LogP contribution in [0.2, 0.25) is 0 Å². The highest BCUT2D eigenvalue weighted by molar-refractivity contribution is 5.89. The number of hydrogen-bond donors (Lipinski definition) is 3. The van der Waals surface area contributed by atoms with Crippen molar-refractivity contribution in [2.45, 2.75) is 37.5 Å². The van der Waals surface area contributed by atoms with Gasteiger partial charge in [0.15, 0.2) is 0 Å². The Morgan fingerprint density at radius 3 is 2.34 bits per heavy atom. The zero-order valence-corrected chi connectivity index (χ0v) is 19.9. The van der Waals surface area contributed by atoms with Gasteiger partial charge in [-0.25, -0.2) is 0 Å². The van der Waals surface area contributed by atoms with Crippen molar-refractivity contribution in [1.82, 2.24) is 15.5 Å². The van der Waals surface area contributed by atoms with Crippen LogP contribution in [-0.2, 0) is 24.3 Å². The SMILES string of the molecule is O=C(NCc1ccccc1)[C@]12NC[C@@H]3C[C@H]1CN(Cc1ccccc1)[C@H]2[C@@H]3Cc1ccc(O)cc1. The first-order valence-corrected chi connectivity index (χ1v) is 12.8. The summed E-state index contributed by atoms with van der Waals surface area (Å²) in [4.78, 5) is 16.6. The van der Waals surface area contributed by atoms with Gasteiger partial charge < -0.3 is 15.7 Å². The molecule has 7 rings (SSSR count). The van der Waals surface area contributed by atoms with E-state index in [0.29, 0.717) is 30.0 Å². The molecule has 5 nitrogen and oxygen atoms in total. The number of carbonyl (C=O) groups is 1. The van der Waals surface area contributed by atoms with Gasteiger partial charge in [0, 0.05) is 31.6 Å². The van der Waals surface area contributed by atoms with Crippen LogP contribution in [0.5, 0.6) is 5.75 Å². The van der Waals surface area contributed by atoms with Crippen molar-refractivity contribution in [3.8, 4) is 5.75 Å². The van der Waals surface area contributed by atoms with Gasteiger partial charge in [-0.05, 0) is 60.0 Å². The first-order chi connectivity index (χ1) is 17.1. The number of likely N-dealkylation sites (tertiary alicyclic amines) is 1. The Morgan fingerprint density at radius 1 is 0.943 bits per heavy atom. The maximum absolute atomic E-state index is 14.0. The van der Waals surface area contributed by atoms with Crippen molar-refractivity contribution in [2.75, 3.05) is 13.1 Å². The third kappa shape index (κ3) is 4.03. The summed E-state index contributed by atoms with van der Waals surface area (Å²) in [7, 11) is 0. The van der Waals surface area contributed by atoms with Crippen molar-refractivity contribution >= 4 is 5.91 Å². The maximum Gasteiger partial charge on any atom is 0.242 e. The minimum atomic E-state index is -0.570. The smallest absolute Gasteiger partial charge is 0.242 e. The molecular formula is C30H33N3O2. The summed E-state index contributed by atoms with van der Waals surface area (Å²) in [6, 6.07) is 28.5. The van der Waals surface area contributed by atoms with Crippen molar-refractivity contribution < 1.29 is 9.90 Å². The second kappa shape index (κ2) is 9.14. The van der Waals surface area contributed by atoms with Gasteiger partial charge in [-0.3, -0.25) is 9.69 Å². The molecule has 3 aromatic carbocycles. The molecule has 4 aliphatic rings. The predicted molar refractivity (Wildman–Crippen MR) is 137 cm³/mol. The molecule has 180 valence electrons. The average Bonchev–Trinajstić information content (AvgIpc) is 3.15. The molecule has 3 aliphatic heterocycles. The second-order valence-corrected chi connectivity index (χ2v) is 10.5. The summed E-state index contributed by atoms with van der Waals surface area (Å²) in [6.07, 6.45) is 2.00. The Labute approximate surface area is 207 Å². The highest BCUT2D eigenvalue weighted by atomic mass is 16.3. The minimum absolute atomic E-state index is 0.129. The number of rotatable bonds is 7. The minimum Gasteiger partial charge on any atom is -0.508 e. The molecule has 1 amide bonds. The Morgan fingerprint density at radius 2 is 1.63 bits per heavy atom. The van der Waals surface area contributed by atoms with Crippen LogP contribution in [0.25, 0.3) is 0 Å². The molecule has 4 bridgehead atoms. The van der Waals surface area contributed by atoms with Crippen LogP contribution in [0, 0.1) is 17.8 Å². The number of carbonyl (C=O) groups excluding carboxylic acids is 1. The summed E-state index contributed by atoms with van der Waals surface area (Å²) in [6.45, 7) is 3.23. The number of nitrogens with one attached hydrogen (secondary N) is 2. The van der Waals surface area contributed by atoms with E-state index in [0.717, 1.165) is 38.0 Å². The third-order valence-corrected chi connectivity index (χ3v) is 8.52. The molecule has 35 heavy (non-hydrogen) atoms. The summed E-state index contributed by atoms with van der Waals surface area (Å²) in [5.41, 5.74) is 3.07. The van der Waals surface area contributed by atoms with Crippen LogP contribution in [0.4, 0.5) is 0 Å². The van der Waals surface area contributed by atoms with E-state index in [1.807, 2.05) is 30.3 Å². The standard InChI is InChI=1S/C30H33N3O2/c34-26-13-11-21(12-14-26)15-27-24-16-25-20-33(19-23-9-5-2-6-10-23)28(27)30(25,32-18-24)29(35)31-17-22-7-3-1-4-8-22/h1-14,24-25,27-28,32,34H,15-20H2,(H,31,35)/t24-,25-,27+,28-,30-/m0/s1. The zero-order chi connectivity index (χ0) is 23.8. The second-order valence-electron chi connectivity index (χ2n) is 10.5. The Hall–Kier alpha value is -3.15. The van der Waals surface area contributed by atoms with Crippen LogP contribution in [-0.4, -0.2) is 40.6 Å². The molecular weight excluding hydrogens is 434 g/mol. The van der Waals surface area contributed by atoms with Crippen molar-refractivity contribution in [3.05, 3.63) is 102 Å². The molecule has 0 spiro atoms. The molecule has 1 saturated carbocycles. The lowest BCUT2D eigenvalue weighted by molar-refractivity contribution is -0.138. The maximum atomic E-state index is 14.0. The Bertz CT molecular complexity index is 1170. The highest BCUT2D eigenvalue weighted by Crippen LogP contribution is 2.53. The number of phenolic OH excluding ortho intramolecular Hbond substituents is 1. The number of phenols is 1. The van der Waals surface area contributed by atoms with Crippen molar-refractivity contribution in [1.29, 1.82) is 0 Å². The Kier molecular flexibility index (Phi) is 5.83. The van der Waals surface area contributed by atoms with Gasteiger partial charge in [0.25, 0.3) is 0 Å². The topological polar surface area (TPSA) is 64.6 Å². The third-order valence-electron chi connectivity index (χ3n) is 8.52. The van der Waals surface area contributed by atoms with Gasteiger partial charge in [-0.1, -0.05) is 72.8 Å². The molecule has 0 aromatic heterocycles. The fourth-order valence-electron chi connectivity index (χ4n) is 7.01. The van der Waals surface area contributed by atoms with Crippen LogP contribution in [0.15, 0.2) is 84.9 Å².